The summed E-state index contributed by atoms with van der Waals surface area (Å²) < 4.78 is 16.4. The van der Waals surface area contributed by atoms with Crippen molar-refractivity contribution in [3.63, 3.8) is 0 Å². The van der Waals surface area contributed by atoms with Crippen LogP contribution in [-0.2, 0) is 4.79 Å². The summed E-state index contributed by atoms with van der Waals surface area (Å²) in [5.74, 6) is -0.148. The van der Waals surface area contributed by atoms with Crippen LogP contribution < -0.4 is 14.9 Å². The molecule has 0 spiro atoms. The second kappa shape index (κ2) is 6.92. The van der Waals surface area contributed by atoms with Gasteiger partial charge in [-0.2, -0.15) is 0 Å². The van der Waals surface area contributed by atoms with Gasteiger partial charge in [0.05, 0.1) is 5.39 Å². The van der Waals surface area contributed by atoms with Crippen molar-refractivity contribution in [2.45, 2.75) is 26.9 Å². The molecule has 0 amide bonds. The Morgan fingerprint density at radius 3 is 2.50 bits per heavy atom. The van der Waals surface area contributed by atoms with Crippen LogP contribution in [0.2, 0.25) is 0 Å². The Labute approximate surface area is 149 Å². The third-order valence-electron chi connectivity index (χ3n) is 4.08. The van der Waals surface area contributed by atoms with Crippen molar-refractivity contribution >= 4 is 16.9 Å². The lowest BCUT2D eigenvalue weighted by Gasteiger charge is -2.11. The first kappa shape index (κ1) is 17.5. The smallest absolute Gasteiger partial charge is 0.344 e. The number of aliphatic carboxylic acids is 1. The SMILES string of the molecule is Cc1ccc(Oc2coc3cc(OC(C)C(=O)O)ccc3c2=O)cc1C. The van der Waals surface area contributed by atoms with Crippen LogP contribution in [0, 0.1) is 13.8 Å². The molecule has 0 aliphatic carbocycles. The highest BCUT2D eigenvalue weighted by atomic mass is 16.5. The number of carboxylic acids is 1. The van der Waals surface area contributed by atoms with Gasteiger partial charge in [0.15, 0.2) is 6.10 Å². The van der Waals surface area contributed by atoms with Crippen LogP contribution in [0.5, 0.6) is 17.2 Å². The third-order valence-corrected chi connectivity index (χ3v) is 4.08. The summed E-state index contributed by atoms with van der Waals surface area (Å²) in [5.41, 5.74) is 2.16. The molecule has 0 fully saturated rings. The highest BCUT2D eigenvalue weighted by Crippen LogP contribution is 2.25. The molecule has 0 aliphatic rings. The van der Waals surface area contributed by atoms with Crippen LogP contribution in [0.4, 0.5) is 0 Å². The molecule has 1 heterocycles. The first-order valence-corrected chi connectivity index (χ1v) is 8.05. The van der Waals surface area contributed by atoms with Gasteiger partial charge in [-0.1, -0.05) is 6.07 Å². The Balaban J connectivity index is 1.92. The first-order chi connectivity index (χ1) is 12.3. The second-order valence-corrected chi connectivity index (χ2v) is 6.03. The molecule has 0 saturated carbocycles. The maximum Gasteiger partial charge on any atom is 0.344 e. The minimum Gasteiger partial charge on any atom is -0.479 e. The molecule has 0 aliphatic heterocycles. The van der Waals surface area contributed by atoms with Gasteiger partial charge in [0.2, 0.25) is 11.2 Å². The molecular weight excluding hydrogens is 336 g/mol. The fourth-order valence-electron chi connectivity index (χ4n) is 2.39. The van der Waals surface area contributed by atoms with Crippen LogP contribution in [0.25, 0.3) is 11.0 Å². The lowest BCUT2D eigenvalue weighted by Crippen LogP contribution is -2.22. The van der Waals surface area contributed by atoms with Gasteiger partial charge in [-0.25, -0.2) is 4.79 Å². The molecule has 1 atom stereocenters. The average Bonchev–Trinajstić information content (AvgIpc) is 2.60. The number of carboxylic acid groups (broad SMARTS) is 1. The predicted octanol–water partition coefficient (Wildman–Crippen LogP) is 4.05. The summed E-state index contributed by atoms with van der Waals surface area (Å²) in [6, 6.07) is 10.1. The van der Waals surface area contributed by atoms with Gasteiger partial charge in [0, 0.05) is 6.07 Å². The molecule has 26 heavy (non-hydrogen) atoms. The van der Waals surface area contributed by atoms with Crippen LogP contribution in [0.3, 0.4) is 0 Å². The van der Waals surface area contributed by atoms with E-state index < -0.39 is 12.1 Å². The summed E-state index contributed by atoms with van der Waals surface area (Å²) in [4.78, 5) is 23.5. The second-order valence-electron chi connectivity index (χ2n) is 6.03. The number of hydrogen-bond donors (Lipinski definition) is 1. The lowest BCUT2D eigenvalue weighted by molar-refractivity contribution is -0.144. The van der Waals surface area contributed by atoms with Gasteiger partial charge in [-0.05, 0) is 56.2 Å². The molecule has 134 valence electrons. The van der Waals surface area contributed by atoms with Gasteiger partial charge in [0.25, 0.3) is 0 Å². The quantitative estimate of drug-likeness (QED) is 0.744. The monoisotopic (exact) mass is 354 g/mol. The molecule has 1 N–H and O–H groups in total. The number of ether oxygens (including phenoxy) is 2. The molecule has 6 nitrogen and oxygen atoms in total. The van der Waals surface area contributed by atoms with Gasteiger partial charge < -0.3 is 19.0 Å². The fraction of sp³-hybridized carbons (Fsp3) is 0.200. The van der Waals surface area contributed by atoms with E-state index in [0.29, 0.717) is 16.9 Å². The van der Waals surface area contributed by atoms with Gasteiger partial charge in [-0.15, -0.1) is 0 Å². The van der Waals surface area contributed by atoms with Gasteiger partial charge in [0.1, 0.15) is 23.3 Å². The van der Waals surface area contributed by atoms with E-state index in [2.05, 4.69) is 0 Å². The van der Waals surface area contributed by atoms with E-state index in [0.717, 1.165) is 11.1 Å². The Morgan fingerprint density at radius 2 is 1.81 bits per heavy atom. The summed E-state index contributed by atoms with van der Waals surface area (Å²) in [6.45, 7) is 5.38. The Kier molecular flexibility index (Phi) is 4.67. The maximum atomic E-state index is 12.6. The molecule has 1 aromatic heterocycles. The van der Waals surface area contributed by atoms with Crippen molar-refractivity contribution < 1.29 is 23.8 Å². The van der Waals surface area contributed by atoms with Crippen molar-refractivity contribution in [2.24, 2.45) is 0 Å². The fourth-order valence-corrected chi connectivity index (χ4v) is 2.39. The highest BCUT2D eigenvalue weighted by Gasteiger charge is 2.15. The summed E-state index contributed by atoms with van der Waals surface area (Å²) >= 11 is 0. The Bertz CT molecular complexity index is 1030. The standard InChI is InChI=1S/C20H18O6/c1-11-4-5-14(8-12(11)2)26-18-10-24-17-9-15(25-13(3)20(22)23)6-7-16(17)19(18)21/h4-10,13H,1-3H3,(H,22,23). The van der Waals surface area contributed by atoms with Crippen LogP contribution in [0.1, 0.15) is 18.1 Å². The minimum absolute atomic E-state index is 0.0772. The highest BCUT2D eigenvalue weighted by molar-refractivity contribution is 5.79. The molecule has 0 radical (unpaired) electrons. The zero-order valence-corrected chi connectivity index (χ0v) is 14.6. The van der Waals surface area contributed by atoms with Crippen molar-refractivity contribution in [3.05, 3.63) is 64.0 Å². The topological polar surface area (TPSA) is 86.0 Å². The van der Waals surface area contributed by atoms with E-state index in [1.165, 1.54) is 31.4 Å². The first-order valence-electron chi connectivity index (χ1n) is 8.05. The molecule has 0 bridgehead atoms. The van der Waals surface area contributed by atoms with Crippen molar-refractivity contribution in [1.82, 2.24) is 0 Å². The van der Waals surface area contributed by atoms with E-state index in [9.17, 15) is 9.59 Å². The predicted molar refractivity (Wildman–Crippen MR) is 96.2 cm³/mol. The molecule has 3 rings (SSSR count). The number of rotatable bonds is 5. The van der Waals surface area contributed by atoms with Crippen molar-refractivity contribution in [3.8, 4) is 17.2 Å². The van der Waals surface area contributed by atoms with Crippen LogP contribution in [0.15, 0.2) is 51.9 Å². The zero-order valence-electron chi connectivity index (χ0n) is 14.6. The third kappa shape index (κ3) is 3.54. The lowest BCUT2D eigenvalue weighted by atomic mass is 10.1. The van der Waals surface area contributed by atoms with Crippen LogP contribution in [-0.4, -0.2) is 17.2 Å². The van der Waals surface area contributed by atoms with E-state index in [1.54, 1.807) is 6.07 Å². The number of fused-ring (bicyclic) bond motifs is 1. The molecular formula is C20H18O6. The average molecular weight is 354 g/mol. The summed E-state index contributed by atoms with van der Waals surface area (Å²) in [6.07, 6.45) is 0.233. The molecule has 3 aromatic rings. The van der Waals surface area contributed by atoms with E-state index in [4.69, 9.17) is 19.0 Å². The summed E-state index contributed by atoms with van der Waals surface area (Å²) in [5, 5.41) is 9.22. The molecule has 1 unspecified atom stereocenters. The number of hydrogen-bond acceptors (Lipinski definition) is 5. The van der Waals surface area contributed by atoms with Gasteiger partial charge in [-0.3, -0.25) is 4.79 Å². The molecule has 6 heteroatoms. The normalized spacial score (nSPS) is 12.0. The van der Waals surface area contributed by atoms with E-state index in [-0.39, 0.29) is 16.8 Å². The Morgan fingerprint density at radius 1 is 1.08 bits per heavy atom. The minimum atomic E-state index is -1.08. The summed E-state index contributed by atoms with van der Waals surface area (Å²) in [7, 11) is 0. The largest absolute Gasteiger partial charge is 0.479 e. The Hall–Kier alpha value is -3.28. The van der Waals surface area contributed by atoms with Crippen molar-refractivity contribution in [1.29, 1.82) is 0 Å². The zero-order chi connectivity index (χ0) is 18.8. The number of carbonyl (C=O) groups is 1. The number of aryl methyl sites for hydroxylation is 2. The van der Waals surface area contributed by atoms with Crippen molar-refractivity contribution in [2.75, 3.05) is 0 Å². The maximum absolute atomic E-state index is 12.6. The van der Waals surface area contributed by atoms with E-state index in [1.807, 2.05) is 26.0 Å². The molecule has 2 aromatic carbocycles. The van der Waals surface area contributed by atoms with Gasteiger partial charge >= 0.3 is 5.97 Å². The molecule has 0 saturated heterocycles. The number of benzene rings is 2. The van der Waals surface area contributed by atoms with Crippen LogP contribution >= 0.6 is 0 Å². The van der Waals surface area contributed by atoms with E-state index >= 15 is 0 Å².